The number of amides is 2. The third-order valence-corrected chi connectivity index (χ3v) is 5.22. The zero-order chi connectivity index (χ0) is 24.5. The lowest BCUT2D eigenvalue weighted by Gasteiger charge is -2.10. The number of nitrogens with two attached hydrogens (primary N) is 1. The van der Waals surface area contributed by atoms with E-state index in [0.29, 0.717) is 22.4 Å². The molecule has 4 rings (SSSR count). The second-order valence-electron chi connectivity index (χ2n) is 7.55. The Morgan fingerprint density at radius 1 is 1.03 bits per heavy atom. The van der Waals surface area contributed by atoms with Crippen LogP contribution in [0.5, 0.6) is 11.5 Å². The van der Waals surface area contributed by atoms with Crippen molar-refractivity contribution in [3.05, 3.63) is 89.2 Å². The standard InChI is InChI=1S/C15H13NO4.C10H13N3O/c1-20-11-6-7-12(13(17)8-11)14(18)9-2-4-10(5-3-9)15(16)19;14-10(8-1-4-11-5-2-8)13-9-3-6-12-7-9/h2-8,17H,1H3,(H2,16,19);1-2,4-5,9,12H,3,6-7H2,(H,13,14)/t;9-/m.0/s1. The summed E-state index contributed by atoms with van der Waals surface area (Å²) in [7, 11) is 1.47. The second-order valence-corrected chi connectivity index (χ2v) is 7.55. The van der Waals surface area contributed by atoms with E-state index in [1.807, 2.05) is 0 Å². The summed E-state index contributed by atoms with van der Waals surface area (Å²) in [4.78, 5) is 38.7. The number of carbonyl (C=O) groups excluding carboxylic acids is 3. The molecule has 34 heavy (non-hydrogen) atoms. The van der Waals surface area contributed by atoms with Crippen molar-refractivity contribution in [2.75, 3.05) is 20.2 Å². The molecule has 2 aromatic carbocycles. The van der Waals surface area contributed by atoms with E-state index in [1.165, 1.54) is 43.5 Å². The van der Waals surface area contributed by atoms with Crippen LogP contribution < -0.4 is 21.1 Å². The molecule has 176 valence electrons. The molecule has 5 N–H and O–H groups in total. The highest BCUT2D eigenvalue weighted by molar-refractivity contribution is 6.11. The number of phenolic OH excluding ortho intramolecular Hbond substituents is 1. The fourth-order valence-electron chi connectivity index (χ4n) is 3.32. The van der Waals surface area contributed by atoms with E-state index in [2.05, 4.69) is 15.6 Å². The van der Waals surface area contributed by atoms with E-state index >= 15 is 0 Å². The molecule has 2 heterocycles. The predicted molar refractivity (Wildman–Crippen MR) is 126 cm³/mol. The van der Waals surface area contributed by atoms with Crippen molar-refractivity contribution in [2.45, 2.75) is 12.5 Å². The summed E-state index contributed by atoms with van der Waals surface area (Å²) >= 11 is 0. The Bertz CT molecular complexity index is 1140. The number of phenols is 1. The van der Waals surface area contributed by atoms with Crippen molar-refractivity contribution < 1.29 is 24.2 Å². The number of benzene rings is 2. The van der Waals surface area contributed by atoms with Crippen molar-refractivity contribution in [3.8, 4) is 11.5 Å². The van der Waals surface area contributed by atoms with Crippen LogP contribution >= 0.6 is 0 Å². The fraction of sp³-hybridized carbons (Fsp3) is 0.200. The van der Waals surface area contributed by atoms with E-state index in [4.69, 9.17) is 10.5 Å². The van der Waals surface area contributed by atoms with Gasteiger partial charge < -0.3 is 26.2 Å². The summed E-state index contributed by atoms with van der Waals surface area (Å²) in [6.07, 6.45) is 4.26. The Kier molecular flexibility index (Phi) is 8.31. The SMILES string of the molecule is COc1ccc(C(=O)c2ccc(C(N)=O)cc2)c(O)c1.O=C(N[C@H]1CCNC1)c1ccncc1. The molecule has 1 atom stereocenters. The maximum absolute atomic E-state index is 12.2. The Morgan fingerprint density at radius 3 is 2.26 bits per heavy atom. The topological polar surface area (TPSA) is 144 Å². The van der Waals surface area contributed by atoms with Gasteiger partial charge in [0.05, 0.1) is 12.7 Å². The molecule has 2 amide bonds. The zero-order valence-electron chi connectivity index (χ0n) is 18.7. The van der Waals surface area contributed by atoms with Crippen LogP contribution in [0.25, 0.3) is 0 Å². The number of hydrogen-bond donors (Lipinski definition) is 4. The van der Waals surface area contributed by atoms with Gasteiger partial charge in [-0.25, -0.2) is 0 Å². The van der Waals surface area contributed by atoms with E-state index in [-0.39, 0.29) is 29.0 Å². The maximum Gasteiger partial charge on any atom is 0.251 e. The van der Waals surface area contributed by atoms with Gasteiger partial charge in [0.25, 0.3) is 5.91 Å². The van der Waals surface area contributed by atoms with Crippen LogP contribution in [0.15, 0.2) is 67.0 Å². The summed E-state index contributed by atoms with van der Waals surface area (Å²) in [6.45, 7) is 1.86. The zero-order valence-corrected chi connectivity index (χ0v) is 18.7. The molecule has 0 saturated carbocycles. The summed E-state index contributed by atoms with van der Waals surface area (Å²) < 4.78 is 4.95. The Balaban J connectivity index is 0.000000202. The van der Waals surface area contributed by atoms with Gasteiger partial charge >= 0.3 is 0 Å². The van der Waals surface area contributed by atoms with Crippen molar-refractivity contribution in [1.82, 2.24) is 15.6 Å². The maximum atomic E-state index is 12.2. The van der Waals surface area contributed by atoms with Crippen LogP contribution in [0, 0.1) is 0 Å². The number of nitrogens with one attached hydrogen (secondary N) is 2. The van der Waals surface area contributed by atoms with Gasteiger partial charge in [0.2, 0.25) is 5.91 Å². The highest BCUT2D eigenvalue weighted by atomic mass is 16.5. The number of rotatable bonds is 6. The smallest absolute Gasteiger partial charge is 0.251 e. The average molecular weight is 463 g/mol. The minimum absolute atomic E-state index is 0.0129. The summed E-state index contributed by atoms with van der Waals surface area (Å²) in [5.74, 6) is -0.616. The number of nitrogens with zero attached hydrogens (tertiary/aromatic N) is 1. The minimum Gasteiger partial charge on any atom is -0.507 e. The lowest BCUT2D eigenvalue weighted by Crippen LogP contribution is -2.36. The summed E-state index contributed by atoms with van der Waals surface area (Å²) in [5.41, 5.74) is 6.64. The van der Waals surface area contributed by atoms with Crippen LogP contribution in [0.3, 0.4) is 0 Å². The van der Waals surface area contributed by atoms with Crippen molar-refractivity contribution in [2.24, 2.45) is 5.73 Å². The number of aromatic hydroxyl groups is 1. The molecule has 1 aliphatic heterocycles. The van der Waals surface area contributed by atoms with Crippen LogP contribution in [0.1, 0.15) is 43.1 Å². The number of primary amides is 1. The Hall–Kier alpha value is -4.24. The largest absolute Gasteiger partial charge is 0.507 e. The average Bonchev–Trinajstić information content (AvgIpc) is 3.37. The quantitative estimate of drug-likeness (QED) is 0.410. The second kappa shape index (κ2) is 11.6. The molecular formula is C25H26N4O5. The lowest BCUT2D eigenvalue weighted by molar-refractivity contribution is 0.0938. The van der Waals surface area contributed by atoms with E-state index in [0.717, 1.165) is 19.5 Å². The van der Waals surface area contributed by atoms with Gasteiger partial charge in [-0.05, 0) is 49.4 Å². The Labute approximate surface area is 197 Å². The van der Waals surface area contributed by atoms with Crippen LogP contribution in [0.2, 0.25) is 0 Å². The van der Waals surface area contributed by atoms with E-state index < -0.39 is 5.91 Å². The van der Waals surface area contributed by atoms with Crippen LogP contribution in [-0.4, -0.2) is 53.9 Å². The fourth-order valence-corrected chi connectivity index (χ4v) is 3.32. The molecule has 0 aliphatic carbocycles. The molecular weight excluding hydrogens is 436 g/mol. The van der Waals surface area contributed by atoms with Crippen molar-refractivity contribution in [1.29, 1.82) is 0 Å². The minimum atomic E-state index is -0.559. The first-order chi connectivity index (χ1) is 16.4. The lowest BCUT2D eigenvalue weighted by atomic mass is 10.0. The highest BCUT2D eigenvalue weighted by Crippen LogP contribution is 2.25. The molecule has 1 aromatic heterocycles. The molecule has 9 nitrogen and oxygen atoms in total. The van der Waals surface area contributed by atoms with Crippen molar-refractivity contribution in [3.63, 3.8) is 0 Å². The summed E-state index contributed by atoms with van der Waals surface area (Å²) in [6, 6.07) is 14.1. The number of ether oxygens (including phenoxy) is 1. The number of ketones is 1. The molecule has 0 spiro atoms. The van der Waals surface area contributed by atoms with Crippen LogP contribution in [-0.2, 0) is 0 Å². The number of aromatic nitrogens is 1. The first-order valence-electron chi connectivity index (χ1n) is 10.6. The van der Waals surface area contributed by atoms with Crippen molar-refractivity contribution >= 4 is 17.6 Å². The molecule has 0 bridgehead atoms. The molecule has 0 unspecified atom stereocenters. The Morgan fingerprint density at radius 2 is 1.71 bits per heavy atom. The first-order valence-corrected chi connectivity index (χ1v) is 10.6. The normalized spacial score (nSPS) is 14.4. The predicted octanol–water partition coefficient (Wildman–Crippen LogP) is 1.90. The number of pyridine rings is 1. The van der Waals surface area contributed by atoms with E-state index in [9.17, 15) is 19.5 Å². The molecule has 9 heteroatoms. The first kappa shape index (κ1) is 24.4. The molecule has 3 aromatic rings. The van der Waals surface area contributed by atoms with Gasteiger partial charge in [-0.2, -0.15) is 0 Å². The van der Waals surface area contributed by atoms with Crippen LogP contribution in [0.4, 0.5) is 0 Å². The number of carbonyl (C=O) groups is 3. The highest BCUT2D eigenvalue weighted by Gasteiger charge is 2.17. The molecule has 1 saturated heterocycles. The van der Waals surface area contributed by atoms with Gasteiger partial charge in [-0.15, -0.1) is 0 Å². The molecule has 1 aliphatic rings. The van der Waals surface area contributed by atoms with Gasteiger partial charge in [-0.1, -0.05) is 12.1 Å². The third kappa shape index (κ3) is 6.39. The van der Waals surface area contributed by atoms with Gasteiger partial charge in [-0.3, -0.25) is 19.4 Å². The third-order valence-electron chi connectivity index (χ3n) is 5.22. The number of hydrogen-bond acceptors (Lipinski definition) is 7. The van der Waals surface area contributed by atoms with Gasteiger partial charge in [0.1, 0.15) is 11.5 Å². The van der Waals surface area contributed by atoms with E-state index in [1.54, 1.807) is 30.6 Å². The molecule has 1 fully saturated rings. The van der Waals surface area contributed by atoms with Gasteiger partial charge in [0, 0.05) is 47.7 Å². The monoisotopic (exact) mass is 462 g/mol. The molecule has 0 radical (unpaired) electrons. The van der Waals surface area contributed by atoms with Gasteiger partial charge in [0.15, 0.2) is 5.78 Å². The summed E-state index contributed by atoms with van der Waals surface area (Å²) in [5, 5.41) is 16.0. The number of methoxy groups -OCH3 is 1.